The summed E-state index contributed by atoms with van der Waals surface area (Å²) < 4.78 is 40.8. The van der Waals surface area contributed by atoms with E-state index in [9.17, 15) is 8.78 Å². The second kappa shape index (κ2) is 15.0. The molecule has 166 valence electrons. The quantitative estimate of drug-likeness (QED) is 0.199. The van der Waals surface area contributed by atoms with Crippen molar-refractivity contribution in [2.75, 3.05) is 32.9 Å². The molecule has 0 aromatic heterocycles. The Morgan fingerprint density at radius 1 is 1.31 bits per heavy atom. The summed E-state index contributed by atoms with van der Waals surface area (Å²) in [5, 5.41) is 6.78. The van der Waals surface area contributed by atoms with Crippen molar-refractivity contribution in [1.82, 2.24) is 10.6 Å². The molecule has 2 rings (SSSR count). The third kappa shape index (κ3) is 10.6. The Kier molecular flexibility index (Phi) is 13.5. The molecule has 0 saturated carbocycles. The van der Waals surface area contributed by atoms with Gasteiger partial charge in [0.25, 0.3) is 0 Å². The van der Waals surface area contributed by atoms with Gasteiger partial charge in [-0.15, -0.1) is 24.0 Å². The largest absolute Gasteiger partial charge is 0.434 e. The highest BCUT2D eigenvalue weighted by atomic mass is 127. The zero-order valence-corrected chi connectivity index (χ0v) is 19.6. The van der Waals surface area contributed by atoms with Gasteiger partial charge < -0.3 is 24.8 Å². The van der Waals surface area contributed by atoms with Crippen LogP contribution in [-0.2, 0) is 16.0 Å². The third-order valence-corrected chi connectivity index (χ3v) is 4.36. The molecule has 1 fully saturated rings. The molecule has 1 heterocycles. The van der Waals surface area contributed by atoms with E-state index in [1.54, 1.807) is 6.07 Å². The molecule has 1 aliphatic rings. The van der Waals surface area contributed by atoms with E-state index in [1.807, 2.05) is 6.92 Å². The maximum atomic E-state index is 12.6. The molecule has 6 nitrogen and oxygen atoms in total. The third-order valence-electron chi connectivity index (χ3n) is 4.13. The number of ether oxygens (including phenoxy) is 3. The van der Waals surface area contributed by atoms with E-state index in [4.69, 9.17) is 21.1 Å². The summed E-state index contributed by atoms with van der Waals surface area (Å²) in [6.07, 6.45) is 3.01. The van der Waals surface area contributed by atoms with Crippen molar-refractivity contribution in [2.24, 2.45) is 4.99 Å². The Hall–Kier alpha value is -0.910. The van der Waals surface area contributed by atoms with Crippen LogP contribution >= 0.6 is 35.6 Å². The summed E-state index contributed by atoms with van der Waals surface area (Å²) in [4.78, 5) is 4.43. The van der Waals surface area contributed by atoms with Crippen molar-refractivity contribution in [2.45, 2.75) is 45.4 Å². The summed E-state index contributed by atoms with van der Waals surface area (Å²) in [5.41, 5.74) is 0.493. The van der Waals surface area contributed by atoms with Gasteiger partial charge in [0.15, 0.2) is 5.96 Å². The number of aliphatic imine (C=N–C) groups is 1. The van der Waals surface area contributed by atoms with Gasteiger partial charge in [-0.1, -0.05) is 11.6 Å². The first-order chi connectivity index (χ1) is 13.6. The van der Waals surface area contributed by atoms with Gasteiger partial charge in [0.1, 0.15) is 5.75 Å². The Morgan fingerprint density at radius 2 is 2.07 bits per heavy atom. The molecule has 1 aromatic rings. The van der Waals surface area contributed by atoms with Gasteiger partial charge in [-0.3, -0.25) is 0 Å². The van der Waals surface area contributed by atoms with E-state index in [2.05, 4.69) is 20.4 Å². The minimum Gasteiger partial charge on any atom is -0.434 e. The average molecular weight is 548 g/mol. The lowest BCUT2D eigenvalue weighted by molar-refractivity contribution is -0.0504. The van der Waals surface area contributed by atoms with Crippen molar-refractivity contribution < 1.29 is 23.0 Å². The molecule has 0 atom stereocenters. The Bertz CT molecular complexity index is 620. The number of rotatable bonds is 10. The number of benzene rings is 1. The fraction of sp³-hybridized carbons (Fsp3) is 0.632. The zero-order valence-electron chi connectivity index (χ0n) is 16.5. The van der Waals surface area contributed by atoms with Gasteiger partial charge in [-0.05, 0) is 44.4 Å². The fourth-order valence-corrected chi connectivity index (χ4v) is 2.95. The van der Waals surface area contributed by atoms with Crippen LogP contribution in [0.25, 0.3) is 0 Å². The first-order valence-electron chi connectivity index (χ1n) is 9.53. The lowest BCUT2D eigenvalue weighted by Crippen LogP contribution is -2.38. The molecule has 2 N–H and O–H groups in total. The molecular weight excluding hydrogens is 519 g/mol. The molecule has 0 radical (unpaired) electrons. The highest BCUT2D eigenvalue weighted by molar-refractivity contribution is 14.0. The fourth-order valence-electron chi connectivity index (χ4n) is 2.76. The number of hydrogen-bond donors (Lipinski definition) is 2. The second-order valence-corrected chi connectivity index (χ2v) is 6.73. The van der Waals surface area contributed by atoms with Crippen LogP contribution in [0.1, 0.15) is 31.7 Å². The Balaban J connectivity index is 0.00000420. The van der Waals surface area contributed by atoms with E-state index >= 15 is 0 Å². The lowest BCUT2D eigenvalue weighted by atomic mass is 10.1. The molecule has 0 bridgehead atoms. The van der Waals surface area contributed by atoms with Crippen LogP contribution in [0.3, 0.4) is 0 Å². The van der Waals surface area contributed by atoms with Crippen molar-refractivity contribution in [3.8, 4) is 5.75 Å². The highest BCUT2D eigenvalue weighted by Crippen LogP contribution is 2.25. The molecule has 1 aromatic carbocycles. The predicted molar refractivity (Wildman–Crippen MR) is 121 cm³/mol. The standard InChI is InChI=1S/C19H28ClF2N3O3.HI/c1-2-23-19(24-8-3-9-27-16-6-10-26-11-7-16)25-13-14-12-15(20)4-5-17(14)28-18(21)22;/h4-5,12,16,18H,2-3,6-11,13H2,1H3,(H2,23,24,25);1H. The lowest BCUT2D eigenvalue weighted by Gasteiger charge is -2.22. The minimum atomic E-state index is -2.90. The molecule has 1 aliphatic heterocycles. The van der Waals surface area contributed by atoms with Crippen molar-refractivity contribution in [3.05, 3.63) is 28.8 Å². The van der Waals surface area contributed by atoms with E-state index in [1.165, 1.54) is 12.1 Å². The monoisotopic (exact) mass is 547 g/mol. The Labute approximate surface area is 192 Å². The summed E-state index contributed by atoms with van der Waals surface area (Å²) in [6.45, 7) is 2.78. The van der Waals surface area contributed by atoms with Crippen LogP contribution < -0.4 is 15.4 Å². The van der Waals surface area contributed by atoms with Crippen LogP contribution in [0.4, 0.5) is 8.78 Å². The topological polar surface area (TPSA) is 64.1 Å². The molecule has 0 amide bonds. The van der Waals surface area contributed by atoms with Crippen LogP contribution in [0.15, 0.2) is 23.2 Å². The molecular formula is C19H29ClF2IN3O3. The SMILES string of the molecule is CCNC(=NCc1cc(Cl)ccc1OC(F)F)NCCCOC1CCOCC1.I. The van der Waals surface area contributed by atoms with Crippen LogP contribution in [0.5, 0.6) is 5.75 Å². The highest BCUT2D eigenvalue weighted by Gasteiger charge is 2.13. The second-order valence-electron chi connectivity index (χ2n) is 6.29. The van der Waals surface area contributed by atoms with Gasteiger partial charge in [0, 0.05) is 43.5 Å². The maximum absolute atomic E-state index is 12.6. The van der Waals surface area contributed by atoms with E-state index in [0.29, 0.717) is 36.2 Å². The molecule has 1 saturated heterocycles. The summed E-state index contributed by atoms with van der Waals surface area (Å²) in [6, 6.07) is 4.51. The number of alkyl halides is 2. The number of nitrogens with zero attached hydrogens (tertiary/aromatic N) is 1. The van der Waals surface area contributed by atoms with Gasteiger partial charge >= 0.3 is 6.61 Å². The van der Waals surface area contributed by atoms with Gasteiger partial charge in [0.05, 0.1) is 12.6 Å². The number of guanidine groups is 1. The summed E-state index contributed by atoms with van der Waals surface area (Å²) in [5.74, 6) is 0.667. The van der Waals surface area contributed by atoms with Crippen molar-refractivity contribution >= 4 is 41.5 Å². The van der Waals surface area contributed by atoms with E-state index in [0.717, 1.165) is 32.5 Å². The van der Waals surface area contributed by atoms with Crippen molar-refractivity contribution in [1.29, 1.82) is 0 Å². The van der Waals surface area contributed by atoms with E-state index in [-0.39, 0.29) is 42.4 Å². The molecule has 0 spiro atoms. The first kappa shape index (κ1) is 26.1. The van der Waals surface area contributed by atoms with Gasteiger partial charge in [0.2, 0.25) is 0 Å². The number of nitrogens with one attached hydrogen (secondary N) is 2. The predicted octanol–water partition coefficient (Wildman–Crippen LogP) is 4.20. The van der Waals surface area contributed by atoms with E-state index < -0.39 is 6.61 Å². The Morgan fingerprint density at radius 3 is 2.76 bits per heavy atom. The molecule has 10 heteroatoms. The van der Waals surface area contributed by atoms with Crippen LogP contribution in [0.2, 0.25) is 5.02 Å². The van der Waals surface area contributed by atoms with Crippen LogP contribution in [0, 0.1) is 0 Å². The summed E-state index contributed by atoms with van der Waals surface area (Å²) in [7, 11) is 0. The van der Waals surface area contributed by atoms with Gasteiger partial charge in [-0.2, -0.15) is 8.78 Å². The number of halogens is 4. The average Bonchev–Trinajstić information content (AvgIpc) is 2.68. The normalized spacial score (nSPS) is 15.1. The summed E-state index contributed by atoms with van der Waals surface area (Å²) >= 11 is 5.97. The minimum absolute atomic E-state index is 0. The smallest absolute Gasteiger partial charge is 0.387 e. The molecule has 0 unspecified atom stereocenters. The molecule has 0 aliphatic carbocycles. The maximum Gasteiger partial charge on any atom is 0.387 e. The number of hydrogen-bond acceptors (Lipinski definition) is 4. The first-order valence-corrected chi connectivity index (χ1v) is 9.91. The molecule has 29 heavy (non-hydrogen) atoms. The van der Waals surface area contributed by atoms with Crippen molar-refractivity contribution in [3.63, 3.8) is 0 Å². The van der Waals surface area contributed by atoms with Crippen LogP contribution in [-0.4, -0.2) is 51.6 Å². The zero-order chi connectivity index (χ0) is 20.2. The van der Waals surface area contributed by atoms with Gasteiger partial charge in [-0.25, -0.2) is 4.99 Å².